The molecule has 0 bridgehead atoms. The Morgan fingerprint density at radius 2 is 2.26 bits per heavy atom. The molecular weight excluding hydrogens is 248 g/mol. The summed E-state index contributed by atoms with van der Waals surface area (Å²) in [6.45, 7) is 0. The Labute approximate surface area is 110 Å². The zero-order valence-electron chi connectivity index (χ0n) is 10.6. The first kappa shape index (κ1) is 13.3. The molecule has 6 heteroatoms. The van der Waals surface area contributed by atoms with Crippen LogP contribution in [0.4, 0.5) is 0 Å². The zero-order chi connectivity index (χ0) is 13.8. The highest BCUT2D eigenvalue weighted by molar-refractivity contribution is 5.96. The predicted molar refractivity (Wildman–Crippen MR) is 67.0 cm³/mol. The van der Waals surface area contributed by atoms with Gasteiger partial charge in [0.15, 0.2) is 0 Å². The molecule has 0 radical (unpaired) electrons. The van der Waals surface area contributed by atoms with E-state index in [0.717, 1.165) is 6.42 Å². The second-order valence-electron chi connectivity index (χ2n) is 4.52. The van der Waals surface area contributed by atoms with E-state index in [9.17, 15) is 9.59 Å². The highest BCUT2D eigenvalue weighted by Crippen LogP contribution is 2.26. The van der Waals surface area contributed by atoms with E-state index >= 15 is 0 Å². The molecule has 0 spiro atoms. The molecule has 1 saturated carbocycles. The smallest absolute Gasteiger partial charge is 0.308 e. The van der Waals surface area contributed by atoms with Crippen LogP contribution in [0.25, 0.3) is 0 Å². The molecule has 0 unspecified atom stereocenters. The lowest BCUT2D eigenvalue weighted by molar-refractivity contribution is -0.142. The molecule has 1 heterocycles. The van der Waals surface area contributed by atoms with Crippen molar-refractivity contribution >= 4 is 11.9 Å². The standard InChI is InChI=1S/C13H16N2O4/c1-19-12-9(5-3-7-14-12)11(16)15-10-6-2-4-8(10)13(17)18/h3,5,7-8,10H,2,4,6H2,1H3,(H,15,16)(H,17,18)/t8-,10-/m0/s1. The molecule has 0 aromatic carbocycles. The van der Waals surface area contributed by atoms with Gasteiger partial charge in [0, 0.05) is 12.2 Å². The second-order valence-corrected chi connectivity index (χ2v) is 4.52. The number of carbonyl (C=O) groups is 2. The highest BCUT2D eigenvalue weighted by atomic mass is 16.5. The fraction of sp³-hybridized carbons (Fsp3) is 0.462. The third-order valence-electron chi connectivity index (χ3n) is 3.36. The molecule has 0 aliphatic heterocycles. The van der Waals surface area contributed by atoms with Gasteiger partial charge in [0.2, 0.25) is 5.88 Å². The molecule has 2 N–H and O–H groups in total. The number of rotatable bonds is 4. The molecule has 1 aliphatic rings. The summed E-state index contributed by atoms with van der Waals surface area (Å²) >= 11 is 0. The van der Waals surface area contributed by atoms with Crippen LogP contribution in [0.2, 0.25) is 0 Å². The molecule has 0 saturated heterocycles. The van der Waals surface area contributed by atoms with Gasteiger partial charge in [0.1, 0.15) is 5.56 Å². The topological polar surface area (TPSA) is 88.5 Å². The number of nitrogens with one attached hydrogen (secondary N) is 1. The summed E-state index contributed by atoms with van der Waals surface area (Å²) in [6.07, 6.45) is 3.63. The Morgan fingerprint density at radius 1 is 1.47 bits per heavy atom. The van der Waals surface area contributed by atoms with Gasteiger partial charge in [-0.2, -0.15) is 0 Å². The van der Waals surface area contributed by atoms with Crippen molar-refractivity contribution in [2.75, 3.05) is 7.11 Å². The Morgan fingerprint density at radius 3 is 2.95 bits per heavy atom. The van der Waals surface area contributed by atoms with E-state index in [1.54, 1.807) is 12.1 Å². The SMILES string of the molecule is COc1ncccc1C(=O)N[C@H]1CCC[C@@H]1C(=O)O. The minimum atomic E-state index is -0.860. The van der Waals surface area contributed by atoms with E-state index in [0.29, 0.717) is 18.4 Å². The van der Waals surface area contributed by atoms with Crippen molar-refractivity contribution in [2.45, 2.75) is 25.3 Å². The number of methoxy groups -OCH3 is 1. The Balaban J connectivity index is 2.10. The maximum Gasteiger partial charge on any atom is 0.308 e. The average Bonchev–Trinajstić information content (AvgIpc) is 2.87. The second kappa shape index (κ2) is 5.69. The summed E-state index contributed by atoms with van der Waals surface area (Å²) in [4.78, 5) is 27.1. The quantitative estimate of drug-likeness (QED) is 0.849. The molecule has 19 heavy (non-hydrogen) atoms. The lowest BCUT2D eigenvalue weighted by Crippen LogP contribution is -2.40. The number of carbonyl (C=O) groups excluding carboxylic acids is 1. The van der Waals surface area contributed by atoms with Gasteiger partial charge in [0.25, 0.3) is 5.91 Å². The van der Waals surface area contributed by atoms with E-state index in [-0.39, 0.29) is 17.8 Å². The van der Waals surface area contributed by atoms with Crippen molar-refractivity contribution in [1.29, 1.82) is 0 Å². The van der Waals surface area contributed by atoms with Crippen LogP contribution in [-0.2, 0) is 4.79 Å². The van der Waals surface area contributed by atoms with Gasteiger partial charge in [-0.15, -0.1) is 0 Å². The van der Waals surface area contributed by atoms with Crippen LogP contribution in [0.3, 0.4) is 0 Å². The first-order valence-corrected chi connectivity index (χ1v) is 6.16. The number of hydrogen-bond acceptors (Lipinski definition) is 4. The van der Waals surface area contributed by atoms with Crippen LogP contribution in [-0.4, -0.2) is 35.1 Å². The number of carboxylic acid groups (broad SMARTS) is 1. The number of aromatic nitrogens is 1. The van der Waals surface area contributed by atoms with E-state index in [1.807, 2.05) is 0 Å². The summed E-state index contributed by atoms with van der Waals surface area (Å²) < 4.78 is 5.02. The van der Waals surface area contributed by atoms with Gasteiger partial charge < -0.3 is 15.2 Å². The Kier molecular flexibility index (Phi) is 3.99. The number of ether oxygens (including phenoxy) is 1. The summed E-state index contributed by atoms with van der Waals surface area (Å²) in [6, 6.07) is 2.92. The number of aliphatic carboxylic acids is 1. The maximum absolute atomic E-state index is 12.1. The van der Waals surface area contributed by atoms with E-state index in [1.165, 1.54) is 13.3 Å². The van der Waals surface area contributed by atoms with Crippen LogP contribution in [0.5, 0.6) is 5.88 Å². The fourth-order valence-corrected chi connectivity index (χ4v) is 2.40. The van der Waals surface area contributed by atoms with Crippen molar-refractivity contribution in [2.24, 2.45) is 5.92 Å². The monoisotopic (exact) mass is 264 g/mol. The van der Waals surface area contributed by atoms with Crippen molar-refractivity contribution < 1.29 is 19.4 Å². The van der Waals surface area contributed by atoms with Crippen LogP contribution >= 0.6 is 0 Å². The summed E-state index contributed by atoms with van der Waals surface area (Å²) in [5, 5.41) is 11.8. The molecule has 1 aromatic rings. The van der Waals surface area contributed by atoms with Gasteiger partial charge in [-0.05, 0) is 25.0 Å². The Hall–Kier alpha value is -2.11. The molecule has 1 aromatic heterocycles. The Bertz CT molecular complexity index is 489. The third kappa shape index (κ3) is 2.83. The highest BCUT2D eigenvalue weighted by Gasteiger charge is 2.34. The molecular formula is C13H16N2O4. The number of pyridine rings is 1. The fourth-order valence-electron chi connectivity index (χ4n) is 2.40. The van der Waals surface area contributed by atoms with E-state index in [4.69, 9.17) is 9.84 Å². The summed E-state index contributed by atoms with van der Waals surface area (Å²) in [5.74, 6) is -1.47. The zero-order valence-corrected chi connectivity index (χ0v) is 10.6. The number of amides is 1. The molecule has 1 amide bonds. The van der Waals surface area contributed by atoms with Gasteiger partial charge in [-0.25, -0.2) is 4.98 Å². The van der Waals surface area contributed by atoms with Crippen molar-refractivity contribution in [3.8, 4) is 5.88 Å². The van der Waals surface area contributed by atoms with Crippen LogP contribution in [0.1, 0.15) is 29.6 Å². The minimum absolute atomic E-state index is 0.241. The van der Waals surface area contributed by atoms with Gasteiger partial charge in [0.05, 0.1) is 13.0 Å². The molecule has 1 aliphatic carbocycles. The normalized spacial score (nSPS) is 21.9. The number of hydrogen-bond donors (Lipinski definition) is 2. The number of nitrogens with zero attached hydrogens (tertiary/aromatic N) is 1. The first-order valence-electron chi connectivity index (χ1n) is 6.16. The van der Waals surface area contributed by atoms with Crippen LogP contribution in [0.15, 0.2) is 18.3 Å². The number of carboxylic acids is 1. The molecule has 2 rings (SSSR count). The average molecular weight is 264 g/mol. The first-order chi connectivity index (χ1) is 9.13. The third-order valence-corrected chi connectivity index (χ3v) is 3.36. The molecule has 102 valence electrons. The predicted octanol–water partition coefficient (Wildman–Crippen LogP) is 1.07. The molecule has 6 nitrogen and oxygen atoms in total. The summed E-state index contributed by atoms with van der Waals surface area (Å²) in [7, 11) is 1.44. The maximum atomic E-state index is 12.1. The summed E-state index contributed by atoms with van der Waals surface area (Å²) in [5.41, 5.74) is 0.320. The van der Waals surface area contributed by atoms with Crippen molar-refractivity contribution in [1.82, 2.24) is 10.3 Å². The van der Waals surface area contributed by atoms with Gasteiger partial charge in [-0.1, -0.05) is 6.42 Å². The van der Waals surface area contributed by atoms with E-state index < -0.39 is 11.9 Å². The van der Waals surface area contributed by atoms with Gasteiger partial charge >= 0.3 is 5.97 Å². The van der Waals surface area contributed by atoms with Crippen LogP contribution < -0.4 is 10.1 Å². The molecule has 1 fully saturated rings. The van der Waals surface area contributed by atoms with Crippen molar-refractivity contribution in [3.63, 3.8) is 0 Å². The minimum Gasteiger partial charge on any atom is -0.481 e. The van der Waals surface area contributed by atoms with Crippen molar-refractivity contribution in [3.05, 3.63) is 23.9 Å². The van der Waals surface area contributed by atoms with Gasteiger partial charge in [-0.3, -0.25) is 9.59 Å². The largest absolute Gasteiger partial charge is 0.481 e. The lowest BCUT2D eigenvalue weighted by Gasteiger charge is -2.18. The van der Waals surface area contributed by atoms with Crippen LogP contribution in [0, 0.1) is 5.92 Å². The van der Waals surface area contributed by atoms with E-state index in [2.05, 4.69) is 10.3 Å². The molecule has 2 atom stereocenters. The lowest BCUT2D eigenvalue weighted by atomic mass is 10.0.